The van der Waals surface area contributed by atoms with Gasteiger partial charge < -0.3 is 14.3 Å². The fraction of sp³-hybridized carbons (Fsp3) is 0.167. The molecule has 27 heavy (non-hydrogen) atoms. The Bertz CT molecular complexity index is 1070. The van der Waals surface area contributed by atoms with Crippen molar-refractivity contribution in [2.24, 2.45) is 0 Å². The number of alkyl halides is 2. The highest BCUT2D eigenvalue weighted by Gasteiger charge is 2.19. The lowest BCUT2D eigenvalue weighted by atomic mass is 10.1. The minimum absolute atomic E-state index is 0.0381. The van der Waals surface area contributed by atoms with E-state index < -0.39 is 17.4 Å². The van der Waals surface area contributed by atoms with Crippen LogP contribution in [0.25, 0.3) is 11.0 Å². The number of halogens is 2. The number of aromatic hydroxyl groups is 1. The number of nitrogens with zero attached hydrogens (tertiary/aromatic N) is 1. The Kier molecular flexibility index (Phi) is 5.41. The molecular weight excluding hydrogens is 380 g/mol. The van der Waals surface area contributed by atoms with E-state index in [1.54, 1.807) is 6.92 Å². The van der Waals surface area contributed by atoms with Gasteiger partial charge in [0.05, 0.1) is 5.56 Å². The lowest BCUT2D eigenvalue weighted by molar-refractivity contribution is 0.0468. The molecule has 3 rings (SSSR count). The van der Waals surface area contributed by atoms with Gasteiger partial charge in [-0.3, -0.25) is 0 Å². The van der Waals surface area contributed by atoms with Crippen molar-refractivity contribution in [1.82, 2.24) is 4.98 Å². The van der Waals surface area contributed by atoms with Crippen LogP contribution < -0.4 is 5.63 Å². The molecule has 0 radical (unpaired) electrons. The van der Waals surface area contributed by atoms with E-state index in [0.29, 0.717) is 16.5 Å². The molecule has 0 fully saturated rings. The van der Waals surface area contributed by atoms with E-state index >= 15 is 0 Å². The maximum Gasteiger partial charge on any atom is 0.341 e. The molecule has 0 saturated heterocycles. The van der Waals surface area contributed by atoms with Crippen LogP contribution in [-0.2, 0) is 11.3 Å². The van der Waals surface area contributed by atoms with Crippen molar-refractivity contribution >= 4 is 28.7 Å². The van der Waals surface area contributed by atoms with Crippen LogP contribution in [-0.4, -0.2) is 21.8 Å². The summed E-state index contributed by atoms with van der Waals surface area (Å²) in [6.07, 6.45) is 1.30. The number of hydrogen-bond donors (Lipinski definition) is 1. The molecule has 0 aliphatic carbocycles. The van der Waals surface area contributed by atoms with Crippen LogP contribution in [0, 0.1) is 6.92 Å². The first kappa shape index (κ1) is 18.8. The number of aromatic nitrogens is 1. The summed E-state index contributed by atoms with van der Waals surface area (Å²) in [4.78, 5) is 27.8. The van der Waals surface area contributed by atoms with Crippen molar-refractivity contribution in [3.05, 3.63) is 63.6 Å². The maximum atomic E-state index is 12.6. The van der Waals surface area contributed by atoms with Crippen molar-refractivity contribution in [2.45, 2.75) is 24.3 Å². The number of rotatable bonds is 5. The molecule has 0 amide bonds. The number of aryl methyl sites for hydroxylation is 1. The lowest BCUT2D eigenvalue weighted by Gasteiger charge is -2.10. The van der Waals surface area contributed by atoms with Crippen molar-refractivity contribution < 1.29 is 27.8 Å². The Morgan fingerprint density at radius 3 is 2.89 bits per heavy atom. The highest BCUT2D eigenvalue weighted by molar-refractivity contribution is 7.99. The van der Waals surface area contributed by atoms with E-state index in [-0.39, 0.29) is 40.3 Å². The third-order valence-corrected chi connectivity index (χ3v) is 4.50. The molecule has 6 nitrogen and oxygen atoms in total. The summed E-state index contributed by atoms with van der Waals surface area (Å²) in [6.45, 7) is 1.30. The van der Waals surface area contributed by atoms with E-state index in [9.17, 15) is 23.5 Å². The molecule has 0 aliphatic heterocycles. The van der Waals surface area contributed by atoms with Crippen LogP contribution in [0.2, 0.25) is 0 Å². The second-order valence-electron chi connectivity index (χ2n) is 5.49. The smallest absolute Gasteiger partial charge is 0.341 e. The molecule has 0 saturated carbocycles. The topological polar surface area (TPSA) is 89.6 Å². The van der Waals surface area contributed by atoms with E-state index in [1.807, 2.05) is 0 Å². The first-order chi connectivity index (χ1) is 12.9. The predicted molar refractivity (Wildman–Crippen MR) is 94.1 cm³/mol. The third kappa shape index (κ3) is 4.08. The SMILES string of the molecule is Cc1c(O)ccc2c(COC(=O)c3cccnc3SC(F)F)cc(=O)oc12. The maximum absolute atomic E-state index is 12.6. The molecule has 0 unspecified atom stereocenters. The van der Waals surface area contributed by atoms with Gasteiger partial charge in [-0.2, -0.15) is 8.78 Å². The van der Waals surface area contributed by atoms with Crippen LogP contribution in [0.4, 0.5) is 8.78 Å². The number of phenols is 1. The van der Waals surface area contributed by atoms with Crippen LogP contribution in [0.5, 0.6) is 5.75 Å². The summed E-state index contributed by atoms with van der Waals surface area (Å²) in [7, 11) is 0. The highest BCUT2D eigenvalue weighted by atomic mass is 32.2. The van der Waals surface area contributed by atoms with Crippen LogP contribution in [0.3, 0.4) is 0 Å². The Labute approximate surface area is 155 Å². The molecule has 0 bridgehead atoms. The van der Waals surface area contributed by atoms with Gasteiger partial charge in [-0.05, 0) is 43.0 Å². The quantitative estimate of drug-likeness (QED) is 0.400. The number of hydrogen-bond acceptors (Lipinski definition) is 7. The summed E-state index contributed by atoms with van der Waals surface area (Å²) in [5, 5.41) is 10.1. The number of benzene rings is 1. The molecule has 0 spiro atoms. The van der Waals surface area contributed by atoms with E-state index in [0.717, 1.165) is 0 Å². The van der Waals surface area contributed by atoms with Gasteiger partial charge in [0.2, 0.25) is 0 Å². The summed E-state index contributed by atoms with van der Waals surface area (Å²) in [5.74, 6) is -3.61. The lowest BCUT2D eigenvalue weighted by Crippen LogP contribution is -2.10. The number of ether oxygens (including phenoxy) is 1. The minimum Gasteiger partial charge on any atom is -0.508 e. The zero-order valence-electron chi connectivity index (χ0n) is 13.9. The Hall–Kier alpha value is -2.94. The first-order valence-electron chi connectivity index (χ1n) is 7.69. The summed E-state index contributed by atoms with van der Waals surface area (Å²) in [5.41, 5.74) is 0.163. The molecule has 3 aromatic rings. The van der Waals surface area contributed by atoms with Crippen LogP contribution in [0.15, 0.2) is 50.8 Å². The number of pyridine rings is 1. The van der Waals surface area contributed by atoms with Crippen LogP contribution in [0.1, 0.15) is 21.5 Å². The molecule has 140 valence electrons. The number of carbonyl (C=O) groups excluding carboxylic acids is 1. The Morgan fingerprint density at radius 1 is 1.37 bits per heavy atom. The van der Waals surface area contributed by atoms with E-state index in [2.05, 4.69) is 4.98 Å². The Balaban J connectivity index is 1.89. The highest BCUT2D eigenvalue weighted by Crippen LogP contribution is 2.29. The van der Waals surface area contributed by atoms with Gasteiger partial charge in [-0.15, -0.1) is 0 Å². The van der Waals surface area contributed by atoms with Crippen molar-refractivity contribution in [1.29, 1.82) is 0 Å². The average Bonchev–Trinajstić information content (AvgIpc) is 2.63. The number of esters is 1. The van der Waals surface area contributed by atoms with Gasteiger partial charge in [-0.25, -0.2) is 14.6 Å². The second kappa shape index (κ2) is 7.75. The number of phenolic OH excluding ortho intramolecular Hbond substituents is 1. The largest absolute Gasteiger partial charge is 0.508 e. The fourth-order valence-corrected chi connectivity index (χ4v) is 3.05. The first-order valence-corrected chi connectivity index (χ1v) is 8.57. The molecule has 2 heterocycles. The fourth-order valence-electron chi connectivity index (χ4n) is 2.48. The minimum atomic E-state index is -2.73. The molecular formula is C18H13F2NO5S. The second-order valence-corrected chi connectivity index (χ2v) is 6.47. The standard InChI is InChI=1S/C18H13F2NO5S/c1-9-13(22)5-4-11-10(7-14(23)26-15(9)11)8-25-17(24)12-3-2-6-21-16(12)27-18(19)20/h2-7,18,22H,8H2,1H3. The van der Waals surface area contributed by atoms with Crippen LogP contribution >= 0.6 is 11.8 Å². The van der Waals surface area contributed by atoms with Gasteiger partial charge in [0.1, 0.15) is 23.0 Å². The average molecular weight is 393 g/mol. The van der Waals surface area contributed by atoms with Gasteiger partial charge in [0, 0.05) is 28.8 Å². The third-order valence-electron chi connectivity index (χ3n) is 3.77. The molecule has 9 heteroatoms. The van der Waals surface area contributed by atoms with Crippen molar-refractivity contribution in [3.63, 3.8) is 0 Å². The monoisotopic (exact) mass is 393 g/mol. The number of carbonyl (C=O) groups is 1. The molecule has 0 atom stereocenters. The van der Waals surface area contributed by atoms with Gasteiger partial charge in [-0.1, -0.05) is 0 Å². The van der Waals surface area contributed by atoms with Gasteiger partial charge >= 0.3 is 11.6 Å². The van der Waals surface area contributed by atoms with Crippen molar-refractivity contribution in [3.8, 4) is 5.75 Å². The summed E-state index contributed by atoms with van der Waals surface area (Å²) >= 11 is 0.146. The van der Waals surface area contributed by atoms with E-state index in [1.165, 1.54) is 36.5 Å². The summed E-state index contributed by atoms with van der Waals surface area (Å²) < 4.78 is 35.5. The van der Waals surface area contributed by atoms with Crippen molar-refractivity contribution in [2.75, 3.05) is 0 Å². The number of thioether (sulfide) groups is 1. The molecule has 1 aromatic carbocycles. The van der Waals surface area contributed by atoms with Gasteiger partial charge in [0.25, 0.3) is 5.76 Å². The zero-order valence-corrected chi connectivity index (χ0v) is 14.8. The molecule has 0 aliphatic rings. The molecule has 1 N–H and O–H groups in total. The normalized spacial score (nSPS) is 11.1. The zero-order chi connectivity index (χ0) is 19.6. The Morgan fingerprint density at radius 2 is 2.15 bits per heavy atom. The summed E-state index contributed by atoms with van der Waals surface area (Å²) in [6, 6.07) is 6.90. The number of fused-ring (bicyclic) bond motifs is 1. The predicted octanol–water partition coefficient (Wildman–Crippen LogP) is 3.87. The van der Waals surface area contributed by atoms with E-state index in [4.69, 9.17) is 9.15 Å². The molecule has 2 aromatic heterocycles. The van der Waals surface area contributed by atoms with Gasteiger partial charge in [0.15, 0.2) is 0 Å².